The highest BCUT2D eigenvalue weighted by atomic mass is 32.1. The lowest BCUT2D eigenvalue weighted by molar-refractivity contribution is -0.138. The Balaban J connectivity index is 1.76. The van der Waals surface area contributed by atoms with Gasteiger partial charge < -0.3 is 14.4 Å². The minimum absolute atomic E-state index is 0.208. The first-order valence-electron chi connectivity index (χ1n) is 13.8. The van der Waals surface area contributed by atoms with Crippen LogP contribution in [0.1, 0.15) is 43.5 Å². The SMILES string of the molecule is CCOC(=O)C1=C(c2ccccc2)N=c2s/c(=C\c3ccc(N(CC)CC)cc3OC)c(=O)n2[C@H]1c1ccccc1. The summed E-state index contributed by atoms with van der Waals surface area (Å²) in [6, 6.07) is 24.4. The number of benzene rings is 3. The maximum absolute atomic E-state index is 14.1. The summed E-state index contributed by atoms with van der Waals surface area (Å²) in [5.74, 6) is 0.184. The molecule has 0 bridgehead atoms. The van der Waals surface area contributed by atoms with Crippen molar-refractivity contribution in [3.8, 4) is 5.75 Å². The van der Waals surface area contributed by atoms with Crippen LogP contribution in [-0.2, 0) is 9.53 Å². The summed E-state index contributed by atoms with van der Waals surface area (Å²) < 4.78 is 13.4. The number of carbonyl (C=O) groups excluding carboxylic acids is 1. The Morgan fingerprint density at radius 2 is 1.68 bits per heavy atom. The fraction of sp³-hybridized carbons (Fsp3) is 0.242. The number of carbonyl (C=O) groups is 1. The van der Waals surface area contributed by atoms with Gasteiger partial charge in [0.25, 0.3) is 5.56 Å². The van der Waals surface area contributed by atoms with Crippen LogP contribution < -0.4 is 24.5 Å². The third-order valence-electron chi connectivity index (χ3n) is 7.12. The van der Waals surface area contributed by atoms with E-state index in [0.717, 1.165) is 35.5 Å². The van der Waals surface area contributed by atoms with Crippen LogP contribution in [0.25, 0.3) is 11.8 Å². The lowest BCUT2D eigenvalue weighted by atomic mass is 9.93. The minimum atomic E-state index is -0.698. The van der Waals surface area contributed by atoms with Crippen molar-refractivity contribution >= 4 is 34.8 Å². The Morgan fingerprint density at radius 1 is 1.00 bits per heavy atom. The second-order valence-electron chi connectivity index (χ2n) is 9.44. The number of fused-ring (bicyclic) bond motifs is 1. The molecule has 0 aliphatic carbocycles. The molecule has 3 aromatic carbocycles. The molecule has 0 unspecified atom stereocenters. The summed E-state index contributed by atoms with van der Waals surface area (Å²) in [6.45, 7) is 7.96. The van der Waals surface area contributed by atoms with Crippen molar-refractivity contribution in [3.63, 3.8) is 0 Å². The third kappa shape index (κ3) is 5.47. The first-order valence-corrected chi connectivity index (χ1v) is 14.6. The van der Waals surface area contributed by atoms with E-state index in [1.807, 2.05) is 84.9 Å². The predicted octanol–water partition coefficient (Wildman–Crippen LogP) is 4.79. The van der Waals surface area contributed by atoms with E-state index in [9.17, 15) is 9.59 Å². The number of hydrogen-bond donors (Lipinski definition) is 0. The predicted molar refractivity (Wildman–Crippen MR) is 164 cm³/mol. The summed E-state index contributed by atoms with van der Waals surface area (Å²) >= 11 is 1.30. The number of ether oxygens (including phenoxy) is 2. The highest BCUT2D eigenvalue weighted by Crippen LogP contribution is 2.35. The van der Waals surface area contributed by atoms with Gasteiger partial charge in [-0.2, -0.15) is 0 Å². The molecule has 41 heavy (non-hydrogen) atoms. The summed E-state index contributed by atoms with van der Waals surface area (Å²) in [7, 11) is 1.63. The fourth-order valence-corrected chi connectivity index (χ4v) is 6.13. The van der Waals surface area contributed by atoms with Crippen molar-refractivity contribution in [1.29, 1.82) is 0 Å². The summed E-state index contributed by atoms with van der Waals surface area (Å²) in [5.41, 5.74) is 4.04. The Labute approximate surface area is 243 Å². The number of esters is 1. The lowest BCUT2D eigenvalue weighted by Gasteiger charge is -2.25. The van der Waals surface area contributed by atoms with Gasteiger partial charge in [0.15, 0.2) is 4.80 Å². The van der Waals surface area contributed by atoms with Crippen molar-refractivity contribution in [3.05, 3.63) is 121 Å². The Kier molecular flexibility index (Phi) is 8.50. The van der Waals surface area contributed by atoms with Crippen LogP contribution in [0.4, 0.5) is 5.69 Å². The van der Waals surface area contributed by atoms with E-state index < -0.39 is 12.0 Å². The number of nitrogens with zero attached hydrogens (tertiary/aromatic N) is 3. The second kappa shape index (κ2) is 12.4. The molecule has 0 N–H and O–H groups in total. The minimum Gasteiger partial charge on any atom is -0.496 e. The molecule has 1 atom stereocenters. The normalized spacial score (nSPS) is 14.8. The van der Waals surface area contributed by atoms with Crippen molar-refractivity contribution in [1.82, 2.24) is 4.57 Å². The molecule has 2 heterocycles. The van der Waals surface area contributed by atoms with Crippen LogP contribution in [0, 0.1) is 0 Å². The molecule has 5 rings (SSSR count). The van der Waals surface area contributed by atoms with E-state index in [1.54, 1.807) is 18.6 Å². The van der Waals surface area contributed by atoms with Crippen molar-refractivity contribution < 1.29 is 14.3 Å². The Hall–Kier alpha value is -4.43. The number of anilines is 1. The number of aromatic nitrogens is 1. The van der Waals surface area contributed by atoms with Crippen LogP contribution in [0.5, 0.6) is 5.75 Å². The monoisotopic (exact) mass is 567 g/mol. The fourth-order valence-electron chi connectivity index (χ4n) is 5.14. The highest BCUT2D eigenvalue weighted by molar-refractivity contribution is 7.07. The number of rotatable bonds is 9. The Morgan fingerprint density at radius 3 is 2.32 bits per heavy atom. The largest absolute Gasteiger partial charge is 0.496 e. The summed E-state index contributed by atoms with van der Waals surface area (Å²) in [5, 5.41) is 0. The van der Waals surface area contributed by atoms with Gasteiger partial charge >= 0.3 is 5.97 Å². The third-order valence-corrected chi connectivity index (χ3v) is 8.10. The first kappa shape index (κ1) is 28.1. The van der Waals surface area contributed by atoms with E-state index in [0.29, 0.717) is 26.4 Å². The maximum atomic E-state index is 14.1. The quantitative estimate of drug-likeness (QED) is 0.272. The van der Waals surface area contributed by atoms with Crippen LogP contribution in [0.3, 0.4) is 0 Å². The molecule has 0 saturated heterocycles. The van der Waals surface area contributed by atoms with Crippen LogP contribution in [0.2, 0.25) is 0 Å². The molecular weight excluding hydrogens is 534 g/mol. The van der Waals surface area contributed by atoms with E-state index in [4.69, 9.17) is 14.5 Å². The van der Waals surface area contributed by atoms with Gasteiger partial charge in [0, 0.05) is 36.0 Å². The number of methoxy groups -OCH3 is 1. The number of thiazole rings is 1. The van der Waals surface area contributed by atoms with Crippen molar-refractivity contribution in [2.24, 2.45) is 4.99 Å². The zero-order valence-electron chi connectivity index (χ0n) is 23.7. The van der Waals surface area contributed by atoms with Gasteiger partial charge in [-0.1, -0.05) is 72.0 Å². The molecular formula is C33H33N3O4S. The second-order valence-corrected chi connectivity index (χ2v) is 10.4. The van der Waals surface area contributed by atoms with Gasteiger partial charge in [-0.25, -0.2) is 9.79 Å². The van der Waals surface area contributed by atoms with Gasteiger partial charge in [0.2, 0.25) is 0 Å². The smallest absolute Gasteiger partial charge is 0.338 e. The molecule has 0 fully saturated rings. The zero-order chi connectivity index (χ0) is 28.9. The molecule has 210 valence electrons. The maximum Gasteiger partial charge on any atom is 0.338 e. The van der Waals surface area contributed by atoms with Crippen LogP contribution >= 0.6 is 11.3 Å². The molecule has 1 aliphatic rings. The van der Waals surface area contributed by atoms with Crippen molar-refractivity contribution in [2.45, 2.75) is 26.8 Å². The van der Waals surface area contributed by atoms with Crippen molar-refractivity contribution in [2.75, 3.05) is 31.7 Å². The molecule has 8 heteroatoms. The van der Waals surface area contributed by atoms with Crippen LogP contribution in [-0.4, -0.2) is 37.3 Å². The van der Waals surface area contributed by atoms with E-state index in [-0.39, 0.29) is 12.2 Å². The average molecular weight is 568 g/mol. The van der Waals surface area contributed by atoms with E-state index >= 15 is 0 Å². The average Bonchev–Trinajstić information content (AvgIpc) is 3.32. The van der Waals surface area contributed by atoms with Crippen LogP contribution in [0.15, 0.2) is 94.2 Å². The van der Waals surface area contributed by atoms with Gasteiger partial charge in [-0.05, 0) is 44.5 Å². The lowest BCUT2D eigenvalue weighted by Crippen LogP contribution is -2.40. The molecule has 4 aromatic rings. The molecule has 0 saturated carbocycles. The van der Waals surface area contributed by atoms with Gasteiger partial charge in [0.1, 0.15) is 5.75 Å². The van der Waals surface area contributed by atoms with Gasteiger partial charge in [-0.15, -0.1) is 0 Å². The summed E-state index contributed by atoms with van der Waals surface area (Å²) in [4.78, 5) is 35.3. The first-order chi connectivity index (χ1) is 20.0. The van der Waals surface area contributed by atoms with E-state index in [2.05, 4.69) is 18.7 Å². The topological polar surface area (TPSA) is 73.1 Å². The molecule has 1 aliphatic heterocycles. The molecule has 0 radical (unpaired) electrons. The van der Waals surface area contributed by atoms with E-state index in [1.165, 1.54) is 11.3 Å². The summed E-state index contributed by atoms with van der Waals surface area (Å²) in [6.07, 6.45) is 1.84. The molecule has 0 spiro atoms. The van der Waals surface area contributed by atoms with Gasteiger partial charge in [0.05, 0.1) is 35.6 Å². The molecule has 7 nitrogen and oxygen atoms in total. The molecule has 1 aromatic heterocycles. The highest BCUT2D eigenvalue weighted by Gasteiger charge is 2.35. The Bertz CT molecular complexity index is 1750. The molecule has 0 amide bonds. The standard InChI is InChI=1S/C33H33N3O4S/c1-5-35(6-2)25-19-18-24(26(21-25)39-4)20-27-31(37)36-30(23-16-12-9-13-17-23)28(32(38)40-7-3)29(34-33(36)41-27)22-14-10-8-11-15-22/h8-21,30H,5-7H2,1-4H3/b27-20-/t30-/m0/s1. The zero-order valence-corrected chi connectivity index (χ0v) is 24.5. The number of hydrogen-bond acceptors (Lipinski definition) is 7. The van der Waals surface area contributed by atoms with Gasteiger partial charge in [-0.3, -0.25) is 9.36 Å².